The minimum atomic E-state index is -0.556. The second-order valence-corrected chi connectivity index (χ2v) is 13.3. The first-order valence-electron chi connectivity index (χ1n) is 14.9. The Hall–Kier alpha value is -4.33. The molecule has 0 atom stereocenters. The van der Waals surface area contributed by atoms with E-state index >= 15 is 0 Å². The van der Waals surface area contributed by atoms with E-state index in [2.05, 4.69) is 73.2 Å². The fraction of sp³-hybridized carbons (Fsp3) is 0.105. The van der Waals surface area contributed by atoms with Crippen LogP contribution in [0.4, 0.5) is 0 Å². The summed E-state index contributed by atoms with van der Waals surface area (Å²) in [5.74, 6) is 0.0227. The first-order valence-corrected chi connectivity index (χ1v) is 19.2. The zero-order valence-corrected chi connectivity index (χ0v) is 29.7. The molecule has 2 aliphatic rings. The summed E-state index contributed by atoms with van der Waals surface area (Å²) in [6, 6.07) is 24.8. The number of nitrogens with zero attached hydrogens (tertiary/aromatic N) is 2. The van der Waals surface area contributed by atoms with Gasteiger partial charge in [-0.15, -0.1) is 0 Å². The normalized spacial score (nSPS) is 14.9. The van der Waals surface area contributed by atoms with Crippen LogP contribution in [0, 0.1) is 27.7 Å². The number of aryl methyl sites for hydroxylation is 4. The van der Waals surface area contributed by atoms with E-state index < -0.39 is 17.0 Å². The van der Waals surface area contributed by atoms with Gasteiger partial charge in [0, 0.05) is 46.1 Å². The number of allylic oxidation sites excluding steroid dienone is 10. The first kappa shape index (κ1) is 35.5. The molecule has 0 bridgehead atoms. The van der Waals surface area contributed by atoms with Crippen molar-refractivity contribution >= 4 is 30.2 Å². The van der Waals surface area contributed by atoms with E-state index in [4.69, 9.17) is 18.6 Å². The number of benzene rings is 2. The van der Waals surface area contributed by atoms with Crippen LogP contribution in [0.3, 0.4) is 0 Å². The van der Waals surface area contributed by atoms with Gasteiger partial charge < -0.3 is 10.9 Å². The van der Waals surface area contributed by atoms with Crippen molar-refractivity contribution < 1.29 is 26.6 Å². The zero-order chi connectivity index (χ0) is 33.8. The van der Waals surface area contributed by atoms with Crippen LogP contribution in [0.1, 0.15) is 22.5 Å². The van der Waals surface area contributed by atoms with E-state index in [1.165, 1.54) is 22.3 Å². The van der Waals surface area contributed by atoms with E-state index in [1.54, 1.807) is 36.7 Å². The SMILES string of the molecule is Cc1ccccc1-c1ccc(C)n1N/C=C1/C=CC=CC1=O.Cc1ccccc1-c1ccc(C)n1N/C=C1\C=CC=CC1=O.[Cl][Ti][Cl]. The summed E-state index contributed by atoms with van der Waals surface area (Å²) < 4.78 is 3.99. The number of ketones is 2. The molecule has 6 nitrogen and oxygen atoms in total. The van der Waals surface area contributed by atoms with Crippen LogP contribution in [0.5, 0.6) is 0 Å². The summed E-state index contributed by atoms with van der Waals surface area (Å²) in [5.41, 5.74) is 16.9. The molecule has 47 heavy (non-hydrogen) atoms. The predicted octanol–water partition coefficient (Wildman–Crippen LogP) is 9.17. The van der Waals surface area contributed by atoms with Crippen molar-refractivity contribution in [1.29, 1.82) is 0 Å². The second-order valence-electron chi connectivity index (χ2n) is 10.7. The number of carbonyl (C=O) groups excluding carboxylic acids is 2. The van der Waals surface area contributed by atoms with Crippen LogP contribution in [0.25, 0.3) is 22.5 Å². The molecular weight excluding hydrogens is 663 g/mol. The third-order valence-corrected chi connectivity index (χ3v) is 7.53. The van der Waals surface area contributed by atoms with E-state index in [-0.39, 0.29) is 11.6 Å². The maximum atomic E-state index is 11.8. The molecule has 2 heterocycles. The predicted molar refractivity (Wildman–Crippen MR) is 192 cm³/mol. The Morgan fingerprint density at radius 3 is 1.28 bits per heavy atom. The molecule has 4 aromatic rings. The molecule has 238 valence electrons. The fourth-order valence-corrected chi connectivity index (χ4v) is 5.03. The molecule has 2 aliphatic carbocycles. The molecule has 2 N–H and O–H groups in total. The number of aromatic nitrogens is 2. The number of nitrogens with one attached hydrogen (secondary N) is 2. The molecule has 0 spiro atoms. The van der Waals surface area contributed by atoms with Crippen molar-refractivity contribution in [3.63, 3.8) is 0 Å². The van der Waals surface area contributed by atoms with Crippen molar-refractivity contribution in [1.82, 2.24) is 9.35 Å². The van der Waals surface area contributed by atoms with Crippen molar-refractivity contribution in [3.8, 4) is 22.5 Å². The number of hydrogen-bond donors (Lipinski definition) is 2. The second kappa shape index (κ2) is 17.6. The number of carbonyl (C=O) groups is 2. The molecule has 0 amide bonds. The summed E-state index contributed by atoms with van der Waals surface area (Å²) in [5, 5.41) is 0. The Balaban J connectivity index is 0.000000197. The Morgan fingerprint density at radius 1 is 0.553 bits per heavy atom. The Bertz CT molecular complexity index is 1790. The van der Waals surface area contributed by atoms with Gasteiger partial charge in [0.15, 0.2) is 11.6 Å². The monoisotopic (exact) mass is 698 g/mol. The topological polar surface area (TPSA) is 68.1 Å². The molecule has 2 aromatic carbocycles. The third kappa shape index (κ3) is 9.37. The van der Waals surface area contributed by atoms with Crippen molar-refractivity contribution in [3.05, 3.63) is 167 Å². The van der Waals surface area contributed by atoms with Crippen molar-refractivity contribution in [2.75, 3.05) is 10.9 Å². The minimum absolute atomic E-state index is 0.0113. The van der Waals surface area contributed by atoms with Gasteiger partial charge in [-0.2, -0.15) is 0 Å². The Kier molecular flexibility index (Phi) is 13.3. The molecule has 0 saturated heterocycles. The Labute approximate surface area is 293 Å². The van der Waals surface area contributed by atoms with Crippen LogP contribution in [-0.4, -0.2) is 20.9 Å². The molecule has 0 fully saturated rings. The van der Waals surface area contributed by atoms with E-state index in [0.717, 1.165) is 22.8 Å². The summed E-state index contributed by atoms with van der Waals surface area (Å²) >= 11 is -0.556. The van der Waals surface area contributed by atoms with E-state index in [9.17, 15) is 9.59 Å². The average molecular weight is 700 g/mol. The van der Waals surface area contributed by atoms with Crippen molar-refractivity contribution in [2.45, 2.75) is 27.7 Å². The van der Waals surface area contributed by atoms with Gasteiger partial charge in [0.25, 0.3) is 0 Å². The summed E-state index contributed by atoms with van der Waals surface area (Å²) in [4.78, 5) is 23.6. The van der Waals surface area contributed by atoms with Gasteiger partial charge in [0.1, 0.15) is 0 Å². The molecule has 9 heteroatoms. The fourth-order valence-electron chi connectivity index (χ4n) is 5.03. The Morgan fingerprint density at radius 2 is 0.915 bits per heavy atom. The zero-order valence-electron chi connectivity index (χ0n) is 26.7. The van der Waals surface area contributed by atoms with Gasteiger partial charge in [-0.25, -0.2) is 0 Å². The molecular formula is C38H36Cl2N4O2Ti. The van der Waals surface area contributed by atoms with Gasteiger partial charge >= 0.3 is 35.6 Å². The van der Waals surface area contributed by atoms with Gasteiger partial charge in [0.2, 0.25) is 0 Å². The maximum absolute atomic E-state index is 11.8. The van der Waals surface area contributed by atoms with Crippen LogP contribution < -0.4 is 10.9 Å². The van der Waals surface area contributed by atoms with Gasteiger partial charge in [-0.05, 0) is 87.4 Å². The molecule has 0 aliphatic heterocycles. The van der Waals surface area contributed by atoms with Gasteiger partial charge in [0.05, 0.1) is 11.4 Å². The number of hydrogen-bond acceptors (Lipinski definition) is 4. The molecule has 2 aromatic heterocycles. The quantitative estimate of drug-likeness (QED) is 0.156. The third-order valence-electron chi connectivity index (χ3n) is 7.53. The summed E-state index contributed by atoms with van der Waals surface area (Å²) in [7, 11) is 9.78. The average Bonchev–Trinajstić information content (AvgIpc) is 3.62. The van der Waals surface area contributed by atoms with Gasteiger partial charge in [-0.3, -0.25) is 18.9 Å². The van der Waals surface area contributed by atoms with E-state index in [1.807, 2.05) is 71.8 Å². The van der Waals surface area contributed by atoms with Crippen LogP contribution >= 0.6 is 18.6 Å². The van der Waals surface area contributed by atoms with Crippen LogP contribution in [0.15, 0.2) is 145 Å². The first-order chi connectivity index (χ1) is 22.7. The van der Waals surface area contributed by atoms with Crippen LogP contribution in [0.2, 0.25) is 0 Å². The number of rotatable bonds is 6. The summed E-state index contributed by atoms with van der Waals surface area (Å²) in [6.07, 6.45) is 17.5. The molecule has 0 saturated carbocycles. The van der Waals surface area contributed by atoms with Crippen LogP contribution in [-0.2, 0) is 26.6 Å². The summed E-state index contributed by atoms with van der Waals surface area (Å²) in [6.45, 7) is 8.26. The molecule has 0 radical (unpaired) electrons. The van der Waals surface area contributed by atoms with Gasteiger partial charge in [-0.1, -0.05) is 72.8 Å². The standard InChI is InChI=1S/2C19H18N2O.2ClH.Ti/c2*1-14-7-3-5-9-17(14)18-12-11-15(2)21(18)20-13-16-8-4-6-10-19(16)22;;;/h2*3-13,20H,1-2H3;2*1H;/q;;;;+2/p-2/b16-13+;16-13-;;;. The molecule has 0 unspecified atom stereocenters. The number of halogens is 2. The van der Waals surface area contributed by atoms with E-state index in [0.29, 0.717) is 11.1 Å². The van der Waals surface area contributed by atoms with Crippen molar-refractivity contribution in [2.24, 2.45) is 0 Å². The molecule has 6 rings (SSSR count).